The van der Waals surface area contributed by atoms with Crippen LogP contribution in [-0.2, 0) is 43.3 Å². The summed E-state index contributed by atoms with van der Waals surface area (Å²) in [6, 6.07) is 16.1. The highest BCUT2D eigenvalue weighted by molar-refractivity contribution is 8.76. The Hall–Kier alpha value is -2.64. The molecule has 0 amide bonds. The highest BCUT2D eigenvalue weighted by atomic mass is 33.1. The number of rotatable bonds is 9. The average Bonchev–Trinajstić information content (AvgIpc) is 3.18. The van der Waals surface area contributed by atoms with Crippen LogP contribution in [0.15, 0.2) is 68.1 Å². The minimum Gasteiger partial charge on any atom is -0.507 e. The van der Waals surface area contributed by atoms with Crippen LogP contribution in [0.3, 0.4) is 0 Å². The highest BCUT2D eigenvalue weighted by Crippen LogP contribution is 2.49. The minimum atomic E-state index is -0.350. The highest BCUT2D eigenvalue weighted by Gasteiger charge is 2.32. The van der Waals surface area contributed by atoms with Crippen molar-refractivity contribution < 1.29 is 35.7 Å². The predicted molar refractivity (Wildman–Crippen MR) is 308 cm³/mol. The van der Waals surface area contributed by atoms with E-state index >= 15 is 0 Å². The molecule has 0 atom stereocenters. The van der Waals surface area contributed by atoms with Crippen molar-refractivity contribution in [3.05, 3.63) is 93.0 Å². The molecular weight excluding hydrogens is 949 g/mol. The van der Waals surface area contributed by atoms with Gasteiger partial charge in [-0.3, -0.25) is 0 Å². The number of hydrogen-bond acceptors (Lipinski definition) is 11. The van der Waals surface area contributed by atoms with Gasteiger partial charge in [-0.15, -0.1) is 25.3 Å². The normalized spacial score (nSPS) is 12.9. The molecule has 70 heavy (non-hydrogen) atoms. The Bertz CT molecular complexity index is 2270. The van der Waals surface area contributed by atoms with Crippen molar-refractivity contribution >= 4 is 46.8 Å². The summed E-state index contributed by atoms with van der Waals surface area (Å²) >= 11 is 8.85. The first kappa shape index (κ1) is 65.4. The summed E-state index contributed by atoms with van der Waals surface area (Å²) in [5, 5.41) is 68.8. The number of thiol groups is 2. The molecule has 0 unspecified atom stereocenters. The summed E-state index contributed by atoms with van der Waals surface area (Å²) in [5.74, 6) is 1.47. The Morgan fingerprint density at radius 2 is 0.500 bits per heavy atom. The standard InChI is InChI=1S/C29H44O3S2.C15H24O2S.C14H22OS.CH4O/c1-26(2,3)20-14-18(15-21(24(20)31)27(4,5)6)33-34-19-16-22(28(7,8)9)25(32)23(17-19)29(10,11)12-13-30;1-14(2,3)11-8-10(18)9-12(13(11)17)15(4,5)6-7-16;1-13(2,3)10-7-9(16)8-11(12(10)15)14(4,5)6;1-2/h14-17,30-32H,12-13H2,1-11H3;8-9,16-18H,6-7H2,1-5H3;7-8,15-16H,1-6H3;2H,1H3. The second kappa shape index (κ2) is 24.6. The van der Waals surface area contributed by atoms with Crippen LogP contribution in [0.25, 0.3) is 0 Å². The van der Waals surface area contributed by atoms with Gasteiger partial charge >= 0.3 is 0 Å². The molecule has 7 nitrogen and oxygen atoms in total. The maximum atomic E-state index is 11.2. The van der Waals surface area contributed by atoms with E-state index in [1.54, 1.807) is 21.6 Å². The van der Waals surface area contributed by atoms with Crippen LogP contribution in [0.1, 0.15) is 210 Å². The number of aromatic hydroxyl groups is 4. The monoisotopic (exact) mass is 1040 g/mol. The lowest BCUT2D eigenvalue weighted by Gasteiger charge is -2.30. The molecule has 0 aromatic heterocycles. The summed E-state index contributed by atoms with van der Waals surface area (Å²) < 4.78 is 0. The molecule has 7 N–H and O–H groups in total. The summed E-state index contributed by atoms with van der Waals surface area (Å²) in [4.78, 5) is 3.92. The molecule has 0 saturated heterocycles. The van der Waals surface area contributed by atoms with Crippen LogP contribution in [0.5, 0.6) is 23.0 Å². The molecule has 4 aromatic carbocycles. The smallest absolute Gasteiger partial charge is 0.123 e. The van der Waals surface area contributed by atoms with E-state index < -0.39 is 0 Å². The van der Waals surface area contributed by atoms with Gasteiger partial charge in [-0.2, -0.15) is 0 Å². The number of aliphatic hydroxyl groups is 3. The van der Waals surface area contributed by atoms with Gasteiger partial charge in [0.25, 0.3) is 0 Å². The van der Waals surface area contributed by atoms with E-state index in [4.69, 9.17) is 10.2 Å². The third-order valence-electron chi connectivity index (χ3n) is 12.4. The summed E-state index contributed by atoms with van der Waals surface area (Å²) in [6.07, 6.45) is 1.19. The van der Waals surface area contributed by atoms with Gasteiger partial charge in [0, 0.05) is 84.4 Å². The van der Waals surface area contributed by atoms with Gasteiger partial charge < -0.3 is 35.7 Å². The molecule has 0 aliphatic rings. The first-order valence-corrected chi connectivity index (χ1v) is 27.4. The fraction of sp³-hybridized carbons (Fsp3) is 0.593. The number of phenols is 4. The lowest BCUT2D eigenvalue weighted by Crippen LogP contribution is -2.21. The maximum absolute atomic E-state index is 11.2. The second-order valence-corrected chi connectivity index (χ2v) is 29.2. The van der Waals surface area contributed by atoms with Gasteiger partial charge in [-0.1, -0.05) is 174 Å². The van der Waals surface area contributed by atoms with Crippen LogP contribution in [0.2, 0.25) is 0 Å². The molecule has 0 aliphatic heterocycles. The first-order chi connectivity index (χ1) is 31.4. The average molecular weight is 1040 g/mol. The van der Waals surface area contributed by atoms with Crippen LogP contribution in [0, 0.1) is 0 Å². The molecule has 0 spiro atoms. The first-order valence-electron chi connectivity index (χ1n) is 24.3. The zero-order chi connectivity index (χ0) is 55.1. The SMILES string of the molecule is CC(C)(C)c1cc(S)cc(C(C)(C)C)c1O.CC(C)(C)c1cc(S)cc(C(C)(C)CCO)c1O.CC(C)(C)c1cc(SSc2cc(C(C)(C)C)c(O)c(C(C)(C)CCO)c2)cc(C(C)(C)C)c1O.CO. The van der Waals surface area contributed by atoms with E-state index in [1.807, 2.05) is 38.1 Å². The molecular formula is C59H94O7S4. The van der Waals surface area contributed by atoms with Crippen molar-refractivity contribution in [2.45, 2.75) is 228 Å². The number of aliphatic hydroxyl groups excluding tert-OH is 3. The third kappa shape index (κ3) is 18.1. The van der Waals surface area contributed by atoms with Crippen LogP contribution >= 0.6 is 46.8 Å². The molecule has 396 valence electrons. The van der Waals surface area contributed by atoms with E-state index in [0.717, 1.165) is 71.2 Å². The zero-order valence-corrected chi connectivity index (χ0v) is 50.7. The van der Waals surface area contributed by atoms with E-state index in [-0.39, 0.29) is 56.5 Å². The molecule has 0 aliphatic carbocycles. The van der Waals surface area contributed by atoms with Crippen molar-refractivity contribution in [3.63, 3.8) is 0 Å². The van der Waals surface area contributed by atoms with Gasteiger partial charge in [0.1, 0.15) is 23.0 Å². The summed E-state index contributed by atoms with van der Waals surface area (Å²) in [6.45, 7) is 46.2. The van der Waals surface area contributed by atoms with Crippen LogP contribution < -0.4 is 0 Å². The van der Waals surface area contributed by atoms with Crippen molar-refractivity contribution in [1.29, 1.82) is 0 Å². The maximum Gasteiger partial charge on any atom is 0.123 e. The van der Waals surface area contributed by atoms with Gasteiger partial charge in [0.15, 0.2) is 0 Å². The van der Waals surface area contributed by atoms with Crippen molar-refractivity contribution in [2.24, 2.45) is 0 Å². The van der Waals surface area contributed by atoms with E-state index in [1.165, 1.54) is 0 Å². The van der Waals surface area contributed by atoms with Crippen molar-refractivity contribution in [3.8, 4) is 23.0 Å². The van der Waals surface area contributed by atoms with Gasteiger partial charge in [0.2, 0.25) is 0 Å². The number of benzene rings is 4. The molecule has 0 saturated carbocycles. The molecule has 0 bridgehead atoms. The fourth-order valence-corrected chi connectivity index (χ4v) is 10.5. The zero-order valence-electron chi connectivity index (χ0n) is 47.3. The quantitative estimate of drug-likeness (QED) is 0.0592. The van der Waals surface area contributed by atoms with Gasteiger partial charge in [0.05, 0.1) is 0 Å². The van der Waals surface area contributed by atoms with E-state index in [9.17, 15) is 25.5 Å². The lowest BCUT2D eigenvalue weighted by molar-refractivity contribution is 0.249. The van der Waals surface area contributed by atoms with Gasteiger partial charge in [-0.25, -0.2) is 0 Å². The fourth-order valence-electron chi connectivity index (χ4n) is 7.94. The van der Waals surface area contributed by atoms with Crippen molar-refractivity contribution in [2.75, 3.05) is 20.3 Å². The molecule has 4 aromatic rings. The Balaban J connectivity index is 0.000000570. The Morgan fingerprint density at radius 1 is 0.329 bits per heavy atom. The second-order valence-electron chi connectivity index (χ2n) is 25.9. The Kier molecular flexibility index (Phi) is 23.0. The van der Waals surface area contributed by atoms with E-state index in [0.29, 0.717) is 35.8 Å². The third-order valence-corrected chi connectivity index (χ3v) is 15.2. The molecule has 0 heterocycles. The van der Waals surface area contributed by atoms with Crippen molar-refractivity contribution in [1.82, 2.24) is 0 Å². The van der Waals surface area contributed by atoms with Gasteiger partial charge in [-0.05, 0) is 105 Å². The van der Waals surface area contributed by atoms with Crippen LogP contribution in [0.4, 0.5) is 0 Å². The largest absolute Gasteiger partial charge is 0.507 e. The molecule has 11 heteroatoms. The lowest BCUT2D eigenvalue weighted by atomic mass is 9.77. The molecule has 0 radical (unpaired) electrons. The topological polar surface area (TPSA) is 142 Å². The predicted octanol–water partition coefficient (Wildman–Crippen LogP) is 16.0. The molecule has 4 rings (SSSR count). The molecule has 0 fully saturated rings. The van der Waals surface area contributed by atoms with E-state index in [2.05, 4.69) is 188 Å². The minimum absolute atomic E-state index is 0.0666. The Morgan fingerprint density at radius 3 is 0.714 bits per heavy atom. The summed E-state index contributed by atoms with van der Waals surface area (Å²) in [7, 11) is 4.34. The number of phenolic OH excluding ortho intramolecular Hbond substituents is 4. The Labute approximate surface area is 444 Å². The van der Waals surface area contributed by atoms with Crippen LogP contribution in [-0.4, -0.2) is 56.1 Å². The summed E-state index contributed by atoms with van der Waals surface area (Å²) in [5.41, 5.74) is 5.92. The number of hydrogen-bond donors (Lipinski definition) is 9.